The summed E-state index contributed by atoms with van der Waals surface area (Å²) in [7, 11) is 1.80. The minimum Gasteiger partial charge on any atom is -0.381 e. The van der Waals surface area contributed by atoms with Crippen LogP contribution in [0.2, 0.25) is 0 Å². The number of hydrogen-bond donors (Lipinski definition) is 0. The van der Waals surface area contributed by atoms with Crippen LogP contribution >= 0.6 is 0 Å². The van der Waals surface area contributed by atoms with E-state index in [1.165, 1.54) is 25.7 Å². The molecule has 0 saturated heterocycles. The molecule has 13 heavy (non-hydrogen) atoms. The highest BCUT2D eigenvalue weighted by atomic mass is 16.5. The van der Waals surface area contributed by atoms with Gasteiger partial charge in [0.25, 0.3) is 0 Å². The minimum absolute atomic E-state index is 0.370. The Bertz CT molecular complexity index is 120. The average Bonchev–Trinajstić information content (AvgIpc) is 2.14. The first-order valence-corrected chi connectivity index (χ1v) is 5.39. The average molecular weight is 184 g/mol. The van der Waals surface area contributed by atoms with Crippen molar-refractivity contribution in [1.82, 2.24) is 0 Å². The number of hydrogen-bond acceptors (Lipinski definition) is 1. The van der Waals surface area contributed by atoms with E-state index in [-0.39, 0.29) is 0 Å². The van der Waals surface area contributed by atoms with Crippen LogP contribution in [0.4, 0.5) is 0 Å². The maximum Gasteiger partial charge on any atom is 0.0631 e. The maximum atomic E-state index is 5.41. The Hall–Kier alpha value is -0.300. The second-order valence-electron chi connectivity index (χ2n) is 3.77. The van der Waals surface area contributed by atoms with Gasteiger partial charge in [0.1, 0.15) is 0 Å². The molecule has 0 N–H and O–H groups in total. The maximum absolute atomic E-state index is 5.41. The van der Waals surface area contributed by atoms with Gasteiger partial charge in [0.05, 0.1) is 6.10 Å². The van der Waals surface area contributed by atoms with Gasteiger partial charge >= 0.3 is 0 Å². The first kappa shape index (κ1) is 12.7. The topological polar surface area (TPSA) is 9.23 Å². The highest BCUT2D eigenvalue weighted by Crippen LogP contribution is 2.18. The van der Waals surface area contributed by atoms with Gasteiger partial charge in [-0.1, -0.05) is 39.2 Å². The van der Waals surface area contributed by atoms with Crippen LogP contribution < -0.4 is 0 Å². The van der Waals surface area contributed by atoms with Crippen LogP contribution in [0, 0.1) is 5.92 Å². The van der Waals surface area contributed by atoms with E-state index in [0.717, 1.165) is 6.42 Å². The van der Waals surface area contributed by atoms with E-state index in [1.54, 1.807) is 7.11 Å². The van der Waals surface area contributed by atoms with Crippen LogP contribution in [0.15, 0.2) is 12.7 Å². The number of ether oxygens (including phenoxy) is 1. The van der Waals surface area contributed by atoms with Crippen molar-refractivity contribution in [3.63, 3.8) is 0 Å². The van der Waals surface area contributed by atoms with Gasteiger partial charge in [-0.2, -0.15) is 0 Å². The molecule has 0 radical (unpaired) electrons. The van der Waals surface area contributed by atoms with E-state index in [2.05, 4.69) is 20.4 Å². The molecule has 0 bridgehead atoms. The van der Waals surface area contributed by atoms with Crippen LogP contribution in [0.1, 0.15) is 46.0 Å². The standard InChI is InChI=1S/C12H24O/c1-5-7-8-10-11(3)12(13-4)9-6-2/h6,11-12H,2,5,7-10H2,1,3-4H3/t11-,12+/m1/s1. The lowest BCUT2D eigenvalue weighted by molar-refractivity contribution is 0.0569. The van der Waals surface area contributed by atoms with Gasteiger partial charge in [0, 0.05) is 7.11 Å². The van der Waals surface area contributed by atoms with Crippen molar-refractivity contribution in [3.8, 4) is 0 Å². The van der Waals surface area contributed by atoms with E-state index in [1.807, 2.05) is 6.08 Å². The van der Waals surface area contributed by atoms with Gasteiger partial charge in [-0.25, -0.2) is 0 Å². The van der Waals surface area contributed by atoms with Gasteiger partial charge in [0.2, 0.25) is 0 Å². The third-order valence-corrected chi connectivity index (χ3v) is 2.60. The molecule has 0 aromatic carbocycles. The Morgan fingerprint density at radius 2 is 2.08 bits per heavy atom. The lowest BCUT2D eigenvalue weighted by atomic mass is 9.95. The normalized spacial score (nSPS) is 15.3. The summed E-state index contributed by atoms with van der Waals surface area (Å²) in [5.74, 6) is 0.662. The van der Waals surface area contributed by atoms with Gasteiger partial charge in [-0.05, 0) is 18.8 Å². The second kappa shape index (κ2) is 8.31. The molecule has 0 aliphatic heterocycles. The zero-order valence-electron chi connectivity index (χ0n) is 9.38. The predicted molar refractivity (Wildman–Crippen MR) is 58.9 cm³/mol. The van der Waals surface area contributed by atoms with Crippen LogP contribution in [-0.4, -0.2) is 13.2 Å². The zero-order chi connectivity index (χ0) is 10.1. The van der Waals surface area contributed by atoms with Crippen molar-refractivity contribution in [1.29, 1.82) is 0 Å². The SMILES string of the molecule is C=CC[C@H](OC)[C@H](C)CCCCC. The first-order chi connectivity index (χ1) is 6.26. The Morgan fingerprint density at radius 3 is 2.54 bits per heavy atom. The number of rotatable bonds is 8. The fraction of sp³-hybridized carbons (Fsp3) is 0.833. The van der Waals surface area contributed by atoms with Crippen LogP contribution in [0.5, 0.6) is 0 Å². The van der Waals surface area contributed by atoms with E-state index in [9.17, 15) is 0 Å². The molecule has 78 valence electrons. The summed E-state index contributed by atoms with van der Waals surface area (Å²) in [5, 5.41) is 0. The molecular formula is C12H24O. The summed E-state index contributed by atoms with van der Waals surface area (Å²) in [6.07, 6.45) is 8.54. The van der Waals surface area contributed by atoms with Crippen LogP contribution in [0.25, 0.3) is 0 Å². The molecule has 0 fully saturated rings. The molecular weight excluding hydrogens is 160 g/mol. The summed E-state index contributed by atoms with van der Waals surface area (Å²) >= 11 is 0. The fourth-order valence-corrected chi connectivity index (χ4v) is 1.63. The Morgan fingerprint density at radius 1 is 1.38 bits per heavy atom. The molecule has 1 nitrogen and oxygen atoms in total. The van der Waals surface area contributed by atoms with Crippen molar-refractivity contribution in [2.75, 3.05) is 7.11 Å². The molecule has 0 aromatic rings. The van der Waals surface area contributed by atoms with E-state index < -0.39 is 0 Å². The van der Waals surface area contributed by atoms with Gasteiger partial charge in [0.15, 0.2) is 0 Å². The monoisotopic (exact) mass is 184 g/mol. The summed E-state index contributed by atoms with van der Waals surface area (Å²) in [4.78, 5) is 0. The number of unbranched alkanes of at least 4 members (excludes halogenated alkanes) is 2. The third-order valence-electron chi connectivity index (χ3n) is 2.60. The summed E-state index contributed by atoms with van der Waals surface area (Å²) < 4.78 is 5.41. The fourth-order valence-electron chi connectivity index (χ4n) is 1.63. The molecule has 0 aliphatic rings. The minimum atomic E-state index is 0.370. The van der Waals surface area contributed by atoms with E-state index in [4.69, 9.17) is 4.74 Å². The third kappa shape index (κ3) is 5.87. The summed E-state index contributed by atoms with van der Waals surface area (Å²) in [6.45, 7) is 8.26. The van der Waals surface area contributed by atoms with Crippen molar-refractivity contribution in [2.45, 2.75) is 52.1 Å². The molecule has 0 heterocycles. The Kier molecular flexibility index (Phi) is 8.11. The Labute approximate surface area is 83.2 Å². The lowest BCUT2D eigenvalue weighted by Crippen LogP contribution is -2.19. The van der Waals surface area contributed by atoms with Crippen molar-refractivity contribution in [2.24, 2.45) is 5.92 Å². The second-order valence-corrected chi connectivity index (χ2v) is 3.77. The van der Waals surface area contributed by atoms with Crippen molar-refractivity contribution >= 4 is 0 Å². The Balaban J connectivity index is 3.63. The molecule has 0 saturated carbocycles. The molecule has 0 aromatic heterocycles. The van der Waals surface area contributed by atoms with E-state index in [0.29, 0.717) is 12.0 Å². The zero-order valence-corrected chi connectivity index (χ0v) is 9.38. The van der Waals surface area contributed by atoms with Gasteiger partial charge < -0.3 is 4.74 Å². The predicted octanol–water partition coefficient (Wildman–Crippen LogP) is 3.79. The van der Waals surface area contributed by atoms with E-state index >= 15 is 0 Å². The van der Waals surface area contributed by atoms with Crippen molar-refractivity contribution in [3.05, 3.63) is 12.7 Å². The highest BCUT2D eigenvalue weighted by Gasteiger charge is 2.13. The quantitative estimate of drug-likeness (QED) is 0.412. The lowest BCUT2D eigenvalue weighted by Gasteiger charge is -2.21. The van der Waals surface area contributed by atoms with Gasteiger partial charge in [-0.3, -0.25) is 0 Å². The van der Waals surface area contributed by atoms with Crippen LogP contribution in [0.3, 0.4) is 0 Å². The number of methoxy groups -OCH3 is 1. The summed E-state index contributed by atoms with van der Waals surface area (Å²) in [6, 6.07) is 0. The molecule has 0 aliphatic carbocycles. The first-order valence-electron chi connectivity index (χ1n) is 5.39. The van der Waals surface area contributed by atoms with Crippen molar-refractivity contribution < 1.29 is 4.74 Å². The molecule has 0 amide bonds. The smallest absolute Gasteiger partial charge is 0.0631 e. The highest BCUT2D eigenvalue weighted by molar-refractivity contribution is 4.76. The molecule has 0 unspecified atom stereocenters. The molecule has 0 rings (SSSR count). The largest absolute Gasteiger partial charge is 0.381 e. The molecule has 2 atom stereocenters. The molecule has 1 heteroatoms. The molecule has 0 spiro atoms. The van der Waals surface area contributed by atoms with Crippen LogP contribution in [-0.2, 0) is 4.74 Å². The summed E-state index contributed by atoms with van der Waals surface area (Å²) in [5.41, 5.74) is 0. The van der Waals surface area contributed by atoms with Gasteiger partial charge in [-0.15, -0.1) is 6.58 Å².